The van der Waals surface area contributed by atoms with Crippen LogP contribution in [0.5, 0.6) is 5.75 Å². The van der Waals surface area contributed by atoms with Crippen molar-refractivity contribution in [3.8, 4) is 5.75 Å². The highest BCUT2D eigenvalue weighted by Gasteiger charge is 2.12. The molecule has 1 amide bonds. The Balaban J connectivity index is 1.38. The van der Waals surface area contributed by atoms with Crippen LogP contribution in [0.1, 0.15) is 33.6 Å². The maximum Gasteiger partial charge on any atom is 0.255 e. The summed E-state index contributed by atoms with van der Waals surface area (Å²) in [7, 11) is 0. The van der Waals surface area contributed by atoms with Gasteiger partial charge in [-0.3, -0.25) is 4.79 Å². The quantitative estimate of drug-likeness (QED) is 0.739. The fourth-order valence-electron chi connectivity index (χ4n) is 3.02. The fourth-order valence-corrected chi connectivity index (χ4v) is 3.56. The molecule has 25 heavy (non-hydrogen) atoms. The normalized spacial score (nSPS) is 12.6. The maximum absolute atomic E-state index is 12.4. The molecule has 0 atom stereocenters. The summed E-state index contributed by atoms with van der Waals surface area (Å²) in [5.74, 6) is 0.617. The number of aromatic nitrogens is 1. The van der Waals surface area contributed by atoms with Gasteiger partial charge in [0, 0.05) is 16.6 Å². The molecule has 2 aromatic carbocycles. The van der Waals surface area contributed by atoms with Crippen LogP contribution in [0.4, 0.5) is 5.69 Å². The van der Waals surface area contributed by atoms with Crippen LogP contribution >= 0.6 is 11.3 Å². The molecule has 3 aromatic rings. The molecule has 1 aliphatic rings. The number of hydrogen-bond acceptors (Lipinski definition) is 4. The van der Waals surface area contributed by atoms with Gasteiger partial charge in [-0.1, -0.05) is 6.07 Å². The second-order valence-corrected chi connectivity index (χ2v) is 6.80. The average Bonchev–Trinajstić information content (AvgIpc) is 3.31. The molecule has 0 saturated heterocycles. The summed E-state index contributed by atoms with van der Waals surface area (Å²) in [6.07, 6.45) is 3.45. The Morgan fingerprint density at radius 2 is 1.96 bits per heavy atom. The zero-order chi connectivity index (χ0) is 17.1. The molecule has 1 N–H and O–H groups in total. The van der Waals surface area contributed by atoms with Gasteiger partial charge >= 0.3 is 0 Å². The molecule has 0 unspecified atom stereocenters. The second-order valence-electron chi connectivity index (χ2n) is 6.08. The van der Waals surface area contributed by atoms with Crippen LogP contribution in [0.15, 0.2) is 53.4 Å². The van der Waals surface area contributed by atoms with Gasteiger partial charge < -0.3 is 10.1 Å². The Labute approximate surface area is 150 Å². The van der Waals surface area contributed by atoms with Crippen molar-refractivity contribution in [3.63, 3.8) is 0 Å². The Bertz CT molecular complexity index is 873. The predicted octanol–water partition coefficient (Wildman–Crippen LogP) is 4.46. The number of rotatable bonds is 5. The van der Waals surface area contributed by atoms with Crippen molar-refractivity contribution in [3.05, 3.63) is 75.7 Å². The molecule has 0 aliphatic heterocycles. The predicted molar refractivity (Wildman–Crippen MR) is 99.3 cm³/mol. The van der Waals surface area contributed by atoms with Crippen LogP contribution in [-0.2, 0) is 19.4 Å². The molecular formula is C20H18N2O2S. The monoisotopic (exact) mass is 350 g/mol. The molecule has 0 spiro atoms. The van der Waals surface area contributed by atoms with E-state index in [-0.39, 0.29) is 5.91 Å². The summed E-state index contributed by atoms with van der Waals surface area (Å²) in [5, 5.41) is 4.93. The van der Waals surface area contributed by atoms with Crippen molar-refractivity contribution in [2.24, 2.45) is 0 Å². The second kappa shape index (κ2) is 7.07. The first kappa shape index (κ1) is 15.8. The van der Waals surface area contributed by atoms with E-state index in [1.807, 2.05) is 23.6 Å². The number of aryl methyl sites for hydroxylation is 2. The van der Waals surface area contributed by atoms with Gasteiger partial charge in [0.15, 0.2) is 0 Å². The third kappa shape index (κ3) is 3.72. The van der Waals surface area contributed by atoms with E-state index in [0.717, 1.165) is 30.0 Å². The smallest absolute Gasteiger partial charge is 0.255 e. The average molecular weight is 350 g/mol. The zero-order valence-electron chi connectivity index (χ0n) is 13.7. The molecule has 0 bridgehead atoms. The number of thiazole rings is 1. The van der Waals surface area contributed by atoms with Gasteiger partial charge in [-0.15, -0.1) is 11.3 Å². The summed E-state index contributed by atoms with van der Waals surface area (Å²) in [6.45, 7) is 0.435. The van der Waals surface area contributed by atoms with Crippen LogP contribution in [0.2, 0.25) is 0 Å². The highest BCUT2D eigenvalue weighted by atomic mass is 32.1. The van der Waals surface area contributed by atoms with Crippen LogP contribution in [0.25, 0.3) is 0 Å². The zero-order valence-corrected chi connectivity index (χ0v) is 14.5. The number of nitrogens with one attached hydrogen (secondary N) is 1. The molecule has 4 rings (SSSR count). The lowest BCUT2D eigenvalue weighted by Crippen LogP contribution is -2.12. The van der Waals surface area contributed by atoms with Gasteiger partial charge in [0.05, 0.1) is 11.2 Å². The van der Waals surface area contributed by atoms with Crippen molar-refractivity contribution in [2.45, 2.75) is 25.9 Å². The first-order valence-corrected chi connectivity index (χ1v) is 9.25. The molecule has 0 radical (unpaired) electrons. The molecular weight excluding hydrogens is 332 g/mol. The third-order valence-corrected chi connectivity index (χ3v) is 4.98. The summed E-state index contributed by atoms with van der Waals surface area (Å²) in [6, 6.07) is 13.4. The van der Waals surface area contributed by atoms with Crippen LogP contribution in [0.3, 0.4) is 0 Å². The minimum atomic E-state index is -0.107. The maximum atomic E-state index is 12.4. The molecule has 0 fully saturated rings. The van der Waals surface area contributed by atoms with E-state index < -0.39 is 0 Å². The SMILES string of the molecule is O=C(Nc1ccc2c(c1)CCC2)c1ccc(OCc2cscn2)cc1. The number of anilines is 1. The summed E-state index contributed by atoms with van der Waals surface area (Å²) in [4.78, 5) is 16.6. The largest absolute Gasteiger partial charge is 0.487 e. The van der Waals surface area contributed by atoms with Gasteiger partial charge in [-0.2, -0.15) is 0 Å². The summed E-state index contributed by atoms with van der Waals surface area (Å²) in [5.41, 5.74) is 6.91. The standard InChI is InChI=1S/C20H18N2O2S/c23-20(22-17-7-4-14-2-1-3-16(14)10-17)15-5-8-19(9-6-15)24-11-18-12-25-13-21-18/h4-10,12-13H,1-3,11H2,(H,22,23). The van der Waals surface area contributed by atoms with Gasteiger partial charge in [0.1, 0.15) is 12.4 Å². The minimum Gasteiger partial charge on any atom is -0.487 e. The van der Waals surface area contributed by atoms with Crippen molar-refractivity contribution in [1.82, 2.24) is 4.98 Å². The number of fused-ring (bicyclic) bond motifs is 1. The van der Waals surface area contributed by atoms with E-state index in [1.165, 1.54) is 17.5 Å². The van der Waals surface area contributed by atoms with Crippen molar-refractivity contribution in [2.75, 3.05) is 5.32 Å². The van der Waals surface area contributed by atoms with Crippen molar-refractivity contribution < 1.29 is 9.53 Å². The highest BCUT2D eigenvalue weighted by molar-refractivity contribution is 7.07. The third-order valence-electron chi connectivity index (χ3n) is 4.34. The van der Waals surface area contributed by atoms with E-state index in [4.69, 9.17) is 4.74 Å². The van der Waals surface area contributed by atoms with Crippen LogP contribution in [0, 0.1) is 0 Å². The minimum absolute atomic E-state index is 0.107. The van der Waals surface area contributed by atoms with E-state index in [2.05, 4.69) is 22.4 Å². The summed E-state index contributed by atoms with van der Waals surface area (Å²) >= 11 is 1.55. The lowest BCUT2D eigenvalue weighted by atomic mass is 10.1. The van der Waals surface area contributed by atoms with E-state index in [9.17, 15) is 4.79 Å². The van der Waals surface area contributed by atoms with Gasteiger partial charge in [-0.25, -0.2) is 4.98 Å². The Morgan fingerprint density at radius 1 is 1.12 bits per heavy atom. The number of nitrogens with zero attached hydrogens (tertiary/aromatic N) is 1. The Morgan fingerprint density at radius 3 is 2.76 bits per heavy atom. The molecule has 1 heterocycles. The number of ether oxygens (including phenoxy) is 1. The van der Waals surface area contributed by atoms with Crippen LogP contribution < -0.4 is 10.1 Å². The van der Waals surface area contributed by atoms with Crippen molar-refractivity contribution in [1.29, 1.82) is 0 Å². The highest BCUT2D eigenvalue weighted by Crippen LogP contribution is 2.25. The topological polar surface area (TPSA) is 51.2 Å². The summed E-state index contributed by atoms with van der Waals surface area (Å²) < 4.78 is 5.67. The van der Waals surface area contributed by atoms with Crippen molar-refractivity contribution >= 4 is 22.9 Å². The molecule has 1 aromatic heterocycles. The molecule has 126 valence electrons. The van der Waals surface area contributed by atoms with E-state index in [1.54, 1.807) is 29.0 Å². The Hall–Kier alpha value is -2.66. The first-order valence-electron chi connectivity index (χ1n) is 8.31. The lowest BCUT2D eigenvalue weighted by Gasteiger charge is -2.09. The van der Waals surface area contributed by atoms with Crippen LogP contribution in [-0.4, -0.2) is 10.9 Å². The Kier molecular flexibility index (Phi) is 4.48. The molecule has 0 saturated carbocycles. The number of carbonyl (C=O) groups is 1. The van der Waals surface area contributed by atoms with E-state index >= 15 is 0 Å². The molecule has 4 nitrogen and oxygen atoms in total. The lowest BCUT2D eigenvalue weighted by molar-refractivity contribution is 0.102. The number of amides is 1. The number of hydrogen-bond donors (Lipinski definition) is 1. The fraction of sp³-hybridized carbons (Fsp3) is 0.200. The molecule has 1 aliphatic carbocycles. The van der Waals surface area contributed by atoms with Gasteiger partial charge in [-0.05, 0) is 66.8 Å². The van der Waals surface area contributed by atoms with Gasteiger partial charge in [0.25, 0.3) is 5.91 Å². The number of carbonyl (C=O) groups excluding carboxylic acids is 1. The number of benzene rings is 2. The van der Waals surface area contributed by atoms with E-state index in [0.29, 0.717) is 12.2 Å². The molecule has 5 heteroatoms. The first-order chi connectivity index (χ1) is 12.3. The van der Waals surface area contributed by atoms with Gasteiger partial charge in [0.2, 0.25) is 0 Å².